The maximum absolute atomic E-state index is 13.4. The number of ether oxygens (including phenoxy) is 1. The minimum absolute atomic E-state index is 0.0225. The Morgan fingerprint density at radius 1 is 1.07 bits per heavy atom. The van der Waals surface area contributed by atoms with Crippen molar-refractivity contribution in [3.8, 4) is 0 Å². The molecule has 0 aliphatic rings. The fourth-order valence-corrected chi connectivity index (χ4v) is 5.07. The van der Waals surface area contributed by atoms with Gasteiger partial charge in [-0.25, -0.2) is 12.8 Å². The first-order valence-corrected chi connectivity index (χ1v) is 10.6. The van der Waals surface area contributed by atoms with Crippen LogP contribution in [-0.4, -0.2) is 31.8 Å². The smallest absolute Gasteiger partial charge is 0.307 e. The first kappa shape index (κ1) is 22.0. The lowest BCUT2D eigenvalue weighted by atomic mass is 10.1. The Bertz CT molecular complexity index is 916. The SMILES string of the molecule is CCOC(=O)CCN(Cc1ccc(F)cc1)S(=O)(=O)c1c(C)cc(C)cc1C. The van der Waals surface area contributed by atoms with Crippen LogP contribution < -0.4 is 0 Å². The molecule has 0 unspecified atom stereocenters. The van der Waals surface area contributed by atoms with E-state index in [-0.39, 0.29) is 31.0 Å². The van der Waals surface area contributed by atoms with E-state index in [2.05, 4.69) is 0 Å². The molecule has 7 heteroatoms. The van der Waals surface area contributed by atoms with E-state index in [1.807, 2.05) is 19.1 Å². The molecule has 5 nitrogen and oxygen atoms in total. The van der Waals surface area contributed by atoms with Gasteiger partial charge in [0, 0.05) is 13.1 Å². The van der Waals surface area contributed by atoms with Crippen LogP contribution in [0.25, 0.3) is 0 Å². The molecule has 152 valence electrons. The lowest BCUT2D eigenvalue weighted by Gasteiger charge is -2.24. The lowest BCUT2D eigenvalue weighted by molar-refractivity contribution is -0.143. The maximum atomic E-state index is 13.4. The molecule has 0 bridgehead atoms. The van der Waals surface area contributed by atoms with Crippen molar-refractivity contribution < 1.29 is 22.3 Å². The molecule has 0 aliphatic carbocycles. The number of rotatable bonds is 8. The molecule has 0 spiro atoms. The topological polar surface area (TPSA) is 63.7 Å². The van der Waals surface area contributed by atoms with Crippen molar-refractivity contribution in [1.82, 2.24) is 4.31 Å². The van der Waals surface area contributed by atoms with Gasteiger partial charge in [0.1, 0.15) is 5.82 Å². The molecule has 2 aromatic carbocycles. The predicted molar refractivity (Wildman–Crippen MR) is 106 cm³/mol. The molecule has 0 fully saturated rings. The molecule has 0 saturated heterocycles. The zero-order valence-corrected chi connectivity index (χ0v) is 17.5. The highest BCUT2D eigenvalue weighted by Crippen LogP contribution is 2.26. The molecule has 0 radical (unpaired) electrons. The van der Waals surface area contributed by atoms with Gasteiger partial charge in [-0.05, 0) is 56.5 Å². The quantitative estimate of drug-likeness (QED) is 0.623. The Morgan fingerprint density at radius 2 is 1.64 bits per heavy atom. The van der Waals surface area contributed by atoms with Gasteiger partial charge in [-0.15, -0.1) is 0 Å². The average molecular weight is 408 g/mol. The summed E-state index contributed by atoms with van der Waals surface area (Å²) in [6, 6.07) is 9.29. The summed E-state index contributed by atoms with van der Waals surface area (Å²) < 4.78 is 46.2. The van der Waals surface area contributed by atoms with Crippen molar-refractivity contribution in [2.45, 2.75) is 45.6 Å². The van der Waals surface area contributed by atoms with Gasteiger partial charge in [-0.3, -0.25) is 4.79 Å². The fourth-order valence-electron chi connectivity index (χ4n) is 3.23. The number of benzene rings is 2. The monoisotopic (exact) mass is 407 g/mol. The first-order valence-electron chi connectivity index (χ1n) is 9.13. The van der Waals surface area contributed by atoms with E-state index in [9.17, 15) is 17.6 Å². The van der Waals surface area contributed by atoms with E-state index >= 15 is 0 Å². The Hall–Kier alpha value is -2.25. The Balaban J connectivity index is 2.41. The highest BCUT2D eigenvalue weighted by atomic mass is 32.2. The summed E-state index contributed by atoms with van der Waals surface area (Å²) in [6.45, 7) is 7.37. The van der Waals surface area contributed by atoms with E-state index in [4.69, 9.17) is 4.74 Å². The zero-order chi connectivity index (χ0) is 20.9. The van der Waals surface area contributed by atoms with Crippen molar-refractivity contribution in [1.29, 1.82) is 0 Å². The average Bonchev–Trinajstić information content (AvgIpc) is 2.59. The van der Waals surface area contributed by atoms with Gasteiger partial charge in [0.2, 0.25) is 10.0 Å². The van der Waals surface area contributed by atoms with Crippen molar-refractivity contribution in [3.63, 3.8) is 0 Å². The van der Waals surface area contributed by atoms with E-state index in [0.29, 0.717) is 16.7 Å². The molecule has 28 heavy (non-hydrogen) atoms. The number of esters is 1. The summed E-state index contributed by atoms with van der Waals surface area (Å²) in [4.78, 5) is 12.0. The number of carbonyl (C=O) groups excluding carboxylic acids is 1. The van der Waals surface area contributed by atoms with Gasteiger partial charge >= 0.3 is 5.97 Å². The van der Waals surface area contributed by atoms with Crippen molar-refractivity contribution >= 4 is 16.0 Å². The molecule has 0 aromatic heterocycles. The lowest BCUT2D eigenvalue weighted by Crippen LogP contribution is -2.34. The molecule has 0 atom stereocenters. The number of carbonyl (C=O) groups is 1. The largest absolute Gasteiger partial charge is 0.466 e. The molecule has 2 aromatic rings. The second-order valence-electron chi connectivity index (χ2n) is 6.75. The molecule has 0 aliphatic heterocycles. The third kappa shape index (κ3) is 5.39. The van der Waals surface area contributed by atoms with Crippen molar-refractivity contribution in [2.24, 2.45) is 0 Å². The van der Waals surface area contributed by atoms with Gasteiger partial charge in [0.25, 0.3) is 0 Å². The molecule has 0 saturated carbocycles. The summed E-state index contributed by atoms with van der Waals surface area (Å²) in [5, 5.41) is 0. The minimum Gasteiger partial charge on any atom is -0.466 e. The van der Waals surface area contributed by atoms with Crippen LogP contribution >= 0.6 is 0 Å². The van der Waals surface area contributed by atoms with Gasteiger partial charge in [0.05, 0.1) is 17.9 Å². The van der Waals surface area contributed by atoms with Crippen LogP contribution in [0.15, 0.2) is 41.3 Å². The van der Waals surface area contributed by atoms with E-state index < -0.39 is 21.8 Å². The first-order chi connectivity index (χ1) is 13.1. The Labute approximate surface area is 166 Å². The van der Waals surface area contributed by atoms with E-state index in [0.717, 1.165) is 5.56 Å². The minimum atomic E-state index is -3.87. The fraction of sp³-hybridized carbons (Fsp3) is 0.381. The molecule has 2 rings (SSSR count). The van der Waals surface area contributed by atoms with Gasteiger partial charge in [0.15, 0.2) is 0 Å². The van der Waals surface area contributed by atoms with Crippen molar-refractivity contribution in [3.05, 3.63) is 64.5 Å². The van der Waals surface area contributed by atoms with Crippen LogP contribution in [0.4, 0.5) is 4.39 Å². The van der Waals surface area contributed by atoms with Crippen LogP contribution in [-0.2, 0) is 26.1 Å². The second-order valence-corrected chi connectivity index (χ2v) is 8.62. The summed E-state index contributed by atoms with van der Waals surface area (Å²) in [6.07, 6.45) is -0.0573. The summed E-state index contributed by atoms with van der Waals surface area (Å²) in [5.41, 5.74) is 2.91. The van der Waals surface area contributed by atoms with Crippen LogP contribution in [0, 0.1) is 26.6 Å². The molecule has 0 heterocycles. The van der Waals surface area contributed by atoms with E-state index in [1.165, 1.54) is 28.6 Å². The zero-order valence-electron chi connectivity index (χ0n) is 16.7. The Morgan fingerprint density at radius 3 is 2.18 bits per heavy atom. The second kappa shape index (κ2) is 9.30. The maximum Gasteiger partial charge on any atom is 0.307 e. The van der Waals surface area contributed by atoms with Gasteiger partial charge in [-0.1, -0.05) is 29.8 Å². The predicted octanol–water partition coefficient (Wildman–Crippen LogP) is 3.90. The molecule has 0 N–H and O–H groups in total. The number of aryl methyl sites for hydroxylation is 3. The van der Waals surface area contributed by atoms with Crippen LogP contribution in [0.1, 0.15) is 35.6 Å². The van der Waals surface area contributed by atoms with E-state index in [1.54, 1.807) is 20.8 Å². The van der Waals surface area contributed by atoms with Gasteiger partial charge in [-0.2, -0.15) is 4.31 Å². The summed E-state index contributed by atoms with van der Waals surface area (Å²) in [7, 11) is -3.87. The molecule has 0 amide bonds. The number of nitrogens with zero attached hydrogens (tertiary/aromatic N) is 1. The molecular weight excluding hydrogens is 381 g/mol. The number of halogens is 1. The third-order valence-electron chi connectivity index (χ3n) is 4.35. The highest BCUT2D eigenvalue weighted by Gasteiger charge is 2.28. The van der Waals surface area contributed by atoms with Gasteiger partial charge < -0.3 is 4.74 Å². The standard InChI is InChI=1S/C21H26FNO4S/c1-5-27-20(24)10-11-23(14-18-6-8-19(22)9-7-18)28(25,26)21-16(3)12-15(2)13-17(21)4/h6-9,12-13H,5,10-11,14H2,1-4H3. The normalized spacial score (nSPS) is 11.6. The van der Waals surface area contributed by atoms with Crippen LogP contribution in [0.2, 0.25) is 0 Å². The number of hydrogen-bond acceptors (Lipinski definition) is 4. The summed E-state index contributed by atoms with van der Waals surface area (Å²) >= 11 is 0. The van der Waals surface area contributed by atoms with Crippen LogP contribution in [0.3, 0.4) is 0 Å². The van der Waals surface area contributed by atoms with Crippen LogP contribution in [0.5, 0.6) is 0 Å². The third-order valence-corrected chi connectivity index (χ3v) is 6.50. The molecular formula is C21H26FNO4S. The number of hydrogen-bond donors (Lipinski definition) is 0. The Kier molecular flexibility index (Phi) is 7.32. The highest BCUT2D eigenvalue weighted by molar-refractivity contribution is 7.89. The number of sulfonamides is 1. The van der Waals surface area contributed by atoms with Crippen molar-refractivity contribution in [2.75, 3.05) is 13.2 Å². The summed E-state index contributed by atoms with van der Waals surface area (Å²) in [5.74, 6) is -0.853.